The van der Waals surface area contributed by atoms with Crippen LogP contribution in [0, 0.1) is 0 Å². The van der Waals surface area contributed by atoms with Gasteiger partial charge in [0.05, 0.1) is 22.0 Å². The fraction of sp³-hybridized carbons (Fsp3) is 0.227. The molecule has 1 aliphatic carbocycles. The van der Waals surface area contributed by atoms with Crippen molar-refractivity contribution < 1.29 is 9.53 Å². The average molecular weight is 498 g/mol. The second-order valence-corrected chi connectivity index (χ2v) is 9.14. The lowest BCUT2D eigenvalue weighted by atomic mass is 9.96. The van der Waals surface area contributed by atoms with Crippen molar-refractivity contribution in [2.45, 2.75) is 18.4 Å². The Labute approximate surface area is 192 Å². The van der Waals surface area contributed by atoms with Crippen LogP contribution in [-0.4, -0.2) is 40.4 Å². The molecule has 3 heterocycles. The highest BCUT2D eigenvalue weighted by Gasteiger charge is 2.35. The number of methoxy groups -OCH3 is 1. The molecule has 1 amide bonds. The number of benzene rings is 1. The van der Waals surface area contributed by atoms with Crippen LogP contribution in [0.3, 0.4) is 0 Å². The number of carbonyl (C=O) groups excluding carboxylic acids is 1. The largest absolute Gasteiger partial charge is 0.355 e. The first-order chi connectivity index (χ1) is 15.1. The fourth-order valence-corrected chi connectivity index (χ4v) is 5.63. The van der Waals surface area contributed by atoms with Crippen LogP contribution >= 0.6 is 27.7 Å². The molecule has 31 heavy (non-hydrogen) atoms. The van der Waals surface area contributed by atoms with Crippen molar-refractivity contribution in [3.8, 4) is 16.9 Å². The van der Waals surface area contributed by atoms with E-state index in [1.807, 2.05) is 41.2 Å². The van der Waals surface area contributed by atoms with Crippen LogP contribution in [0.5, 0.6) is 0 Å². The van der Waals surface area contributed by atoms with E-state index < -0.39 is 0 Å². The van der Waals surface area contributed by atoms with Crippen LogP contribution in [-0.2, 0) is 11.2 Å². The van der Waals surface area contributed by atoms with E-state index in [1.54, 1.807) is 32.1 Å². The third-order valence-corrected chi connectivity index (χ3v) is 7.26. The van der Waals surface area contributed by atoms with Crippen LogP contribution in [0.4, 0.5) is 0 Å². The number of aromatic nitrogens is 3. The van der Waals surface area contributed by atoms with Gasteiger partial charge in [-0.05, 0) is 59.1 Å². The van der Waals surface area contributed by atoms with Gasteiger partial charge in [-0.3, -0.25) is 9.78 Å². The summed E-state index contributed by atoms with van der Waals surface area (Å²) in [6.07, 6.45) is 5.39. The zero-order valence-electron chi connectivity index (χ0n) is 17.0. The first kappa shape index (κ1) is 20.3. The summed E-state index contributed by atoms with van der Waals surface area (Å²) in [4.78, 5) is 17.5. The predicted molar refractivity (Wildman–Crippen MR) is 125 cm³/mol. The quantitative estimate of drug-likeness (QED) is 0.568. The van der Waals surface area contributed by atoms with Crippen molar-refractivity contribution >= 4 is 38.5 Å². The van der Waals surface area contributed by atoms with Crippen LogP contribution < -0.4 is 10.6 Å². The van der Waals surface area contributed by atoms with Crippen LogP contribution in [0.2, 0.25) is 0 Å². The molecule has 3 aromatic rings. The van der Waals surface area contributed by atoms with Gasteiger partial charge in [0.25, 0.3) is 5.91 Å². The van der Waals surface area contributed by atoms with Gasteiger partial charge < -0.3 is 15.4 Å². The number of pyridine rings is 1. The molecule has 1 atom stereocenters. The van der Waals surface area contributed by atoms with E-state index in [0.717, 1.165) is 44.9 Å². The SMILES string of the molecule is CNC(=O)c1ccc(-n2nc(-c3cccnc3)c3c2C2=C(CC3)NC(OC)S2)c(Br)c1. The first-order valence-corrected chi connectivity index (χ1v) is 11.5. The van der Waals surface area contributed by atoms with Gasteiger partial charge in [-0.25, -0.2) is 4.68 Å². The molecule has 0 saturated heterocycles. The second-order valence-electron chi connectivity index (χ2n) is 7.21. The van der Waals surface area contributed by atoms with Gasteiger partial charge in [-0.2, -0.15) is 5.10 Å². The summed E-state index contributed by atoms with van der Waals surface area (Å²) < 4.78 is 8.31. The summed E-state index contributed by atoms with van der Waals surface area (Å²) in [7, 11) is 3.33. The lowest BCUT2D eigenvalue weighted by molar-refractivity contribution is 0.0963. The van der Waals surface area contributed by atoms with Gasteiger partial charge in [0.2, 0.25) is 0 Å². The van der Waals surface area contributed by atoms with Gasteiger partial charge >= 0.3 is 0 Å². The summed E-state index contributed by atoms with van der Waals surface area (Å²) in [6.45, 7) is 0. The standard InChI is InChI=1S/C22H20BrN5O2S/c1-24-21(29)12-5-8-17(15(23)10-12)28-19-14(18(27-28)13-4-3-9-25-11-13)6-7-16-20(19)31-22(26-16)30-2/h3-5,8-11,22,26H,6-7H2,1-2H3,(H,24,29). The van der Waals surface area contributed by atoms with Crippen molar-refractivity contribution in [2.75, 3.05) is 14.2 Å². The Morgan fingerprint density at radius 1 is 1.35 bits per heavy atom. The minimum atomic E-state index is -0.130. The number of ether oxygens (including phenoxy) is 1. The third kappa shape index (κ3) is 3.46. The maximum atomic E-state index is 12.1. The van der Waals surface area contributed by atoms with E-state index in [0.29, 0.717) is 5.56 Å². The van der Waals surface area contributed by atoms with Crippen LogP contribution in [0.15, 0.2) is 52.9 Å². The molecule has 9 heteroatoms. The van der Waals surface area contributed by atoms with E-state index in [2.05, 4.69) is 31.5 Å². The lowest BCUT2D eigenvalue weighted by Gasteiger charge is -2.17. The monoisotopic (exact) mass is 497 g/mol. The van der Waals surface area contributed by atoms with Crippen molar-refractivity contribution in [2.24, 2.45) is 0 Å². The van der Waals surface area contributed by atoms with Crippen molar-refractivity contribution in [1.29, 1.82) is 0 Å². The number of rotatable bonds is 4. The van der Waals surface area contributed by atoms with Crippen molar-refractivity contribution in [3.63, 3.8) is 0 Å². The molecule has 0 bridgehead atoms. The number of fused-ring (bicyclic) bond motifs is 2. The van der Waals surface area contributed by atoms with Gasteiger partial charge in [0, 0.05) is 53.4 Å². The Morgan fingerprint density at radius 2 is 2.23 bits per heavy atom. The number of thioether (sulfide) groups is 1. The second kappa shape index (κ2) is 8.14. The molecule has 1 aromatic carbocycles. The first-order valence-electron chi connectivity index (χ1n) is 9.84. The van der Waals surface area contributed by atoms with E-state index in [1.165, 1.54) is 11.3 Å². The molecule has 2 aromatic heterocycles. The molecule has 158 valence electrons. The van der Waals surface area contributed by atoms with Crippen molar-refractivity contribution in [3.05, 3.63) is 69.7 Å². The smallest absolute Gasteiger partial charge is 0.251 e. The maximum absolute atomic E-state index is 12.1. The Balaban J connectivity index is 1.70. The summed E-state index contributed by atoms with van der Waals surface area (Å²) in [6, 6.07) is 9.51. The molecule has 7 nitrogen and oxygen atoms in total. The summed E-state index contributed by atoms with van der Waals surface area (Å²) >= 11 is 5.32. The number of allylic oxidation sites excluding steroid dienone is 1. The molecule has 0 fully saturated rings. The predicted octanol–water partition coefficient (Wildman–Crippen LogP) is 3.94. The van der Waals surface area contributed by atoms with Crippen LogP contribution in [0.25, 0.3) is 21.8 Å². The molecule has 1 aliphatic heterocycles. The molecule has 0 saturated carbocycles. The van der Waals surface area contributed by atoms with Gasteiger partial charge in [-0.1, -0.05) is 11.8 Å². The number of nitrogens with zero attached hydrogens (tertiary/aromatic N) is 3. The molecule has 0 radical (unpaired) electrons. The highest BCUT2D eigenvalue weighted by Crippen LogP contribution is 2.47. The minimum absolute atomic E-state index is 0.111. The molecule has 2 N–H and O–H groups in total. The number of halogens is 1. The molecule has 5 rings (SSSR count). The molecular weight excluding hydrogens is 478 g/mol. The minimum Gasteiger partial charge on any atom is -0.355 e. The Kier molecular flexibility index (Phi) is 5.33. The van der Waals surface area contributed by atoms with Gasteiger partial charge in [-0.15, -0.1) is 0 Å². The fourth-order valence-electron chi connectivity index (χ4n) is 3.95. The molecular formula is C22H20BrN5O2S. The third-order valence-electron chi connectivity index (χ3n) is 5.43. The van der Waals surface area contributed by atoms with E-state index >= 15 is 0 Å². The normalized spacial score (nSPS) is 17.2. The Morgan fingerprint density at radius 3 is 2.94 bits per heavy atom. The van der Waals surface area contributed by atoms with E-state index in [9.17, 15) is 4.79 Å². The highest BCUT2D eigenvalue weighted by molar-refractivity contribution is 9.10. The Bertz CT molecular complexity index is 1210. The number of nitrogens with one attached hydrogen (secondary N) is 2. The number of hydrogen-bond acceptors (Lipinski definition) is 6. The molecule has 0 spiro atoms. The summed E-state index contributed by atoms with van der Waals surface area (Å²) in [5.41, 5.74) is 6.70. The van der Waals surface area contributed by atoms with Gasteiger partial charge in [0.1, 0.15) is 0 Å². The number of hydrogen-bond donors (Lipinski definition) is 2. The van der Waals surface area contributed by atoms with Gasteiger partial charge in [0.15, 0.2) is 5.56 Å². The average Bonchev–Trinajstić information content (AvgIpc) is 3.40. The zero-order valence-corrected chi connectivity index (χ0v) is 19.4. The zero-order chi connectivity index (χ0) is 21.5. The summed E-state index contributed by atoms with van der Waals surface area (Å²) in [5, 5.41) is 11.2. The topological polar surface area (TPSA) is 81.1 Å². The number of carbonyl (C=O) groups is 1. The van der Waals surface area contributed by atoms with E-state index in [-0.39, 0.29) is 11.5 Å². The lowest BCUT2D eigenvalue weighted by Crippen LogP contribution is -2.22. The maximum Gasteiger partial charge on any atom is 0.251 e. The van der Waals surface area contributed by atoms with E-state index in [4.69, 9.17) is 9.84 Å². The Hall–Kier alpha value is -2.62. The summed E-state index contributed by atoms with van der Waals surface area (Å²) in [5.74, 6) is -0.130. The number of amides is 1. The van der Waals surface area contributed by atoms with Crippen molar-refractivity contribution in [1.82, 2.24) is 25.4 Å². The highest BCUT2D eigenvalue weighted by atomic mass is 79.9. The van der Waals surface area contributed by atoms with Crippen LogP contribution in [0.1, 0.15) is 28.0 Å². The molecule has 2 aliphatic rings. The molecule has 1 unspecified atom stereocenters.